The first-order valence-corrected chi connectivity index (χ1v) is 9.37. The summed E-state index contributed by atoms with van der Waals surface area (Å²) in [6.07, 6.45) is 3.11. The molecule has 1 amide bonds. The number of fused-ring (bicyclic) bond motifs is 1. The molecule has 0 unspecified atom stereocenters. The van der Waals surface area contributed by atoms with Crippen LogP contribution in [-0.4, -0.2) is 48.8 Å². The van der Waals surface area contributed by atoms with E-state index >= 15 is 0 Å². The molecule has 0 radical (unpaired) electrons. The van der Waals surface area contributed by atoms with Crippen LogP contribution in [0.15, 0.2) is 30.5 Å². The summed E-state index contributed by atoms with van der Waals surface area (Å²) < 4.78 is 16.3. The summed E-state index contributed by atoms with van der Waals surface area (Å²) in [5.74, 6) is 1.11. The quantitative estimate of drug-likeness (QED) is 0.805. The SMILES string of the molecule is COc1ccc2c(c1)CCN(C(=O)c1cnc(O[C@@H]3CCOC3)c(Cl)c1)C2. The van der Waals surface area contributed by atoms with E-state index in [1.54, 1.807) is 13.2 Å². The number of benzene rings is 1. The lowest BCUT2D eigenvalue weighted by Gasteiger charge is -2.29. The molecular formula is C20H21ClN2O4. The van der Waals surface area contributed by atoms with Crippen molar-refractivity contribution in [1.29, 1.82) is 0 Å². The van der Waals surface area contributed by atoms with Gasteiger partial charge in [-0.05, 0) is 35.7 Å². The lowest BCUT2D eigenvalue weighted by Crippen LogP contribution is -2.36. The van der Waals surface area contributed by atoms with Gasteiger partial charge < -0.3 is 19.1 Å². The molecule has 0 bridgehead atoms. The molecule has 142 valence electrons. The maximum Gasteiger partial charge on any atom is 0.255 e. The number of amides is 1. The van der Waals surface area contributed by atoms with Gasteiger partial charge in [0.2, 0.25) is 5.88 Å². The maximum absolute atomic E-state index is 12.9. The Morgan fingerprint density at radius 2 is 2.22 bits per heavy atom. The average Bonchev–Trinajstić information content (AvgIpc) is 3.21. The number of ether oxygens (including phenoxy) is 3. The Morgan fingerprint density at radius 1 is 1.33 bits per heavy atom. The van der Waals surface area contributed by atoms with Crippen LogP contribution in [-0.2, 0) is 17.7 Å². The minimum Gasteiger partial charge on any atom is -0.497 e. The summed E-state index contributed by atoms with van der Waals surface area (Å²) in [7, 11) is 1.66. The van der Waals surface area contributed by atoms with Crippen molar-refractivity contribution in [2.45, 2.75) is 25.5 Å². The maximum atomic E-state index is 12.9. The van der Waals surface area contributed by atoms with Crippen LogP contribution < -0.4 is 9.47 Å². The van der Waals surface area contributed by atoms with Gasteiger partial charge in [0, 0.05) is 25.7 Å². The summed E-state index contributed by atoms with van der Waals surface area (Å²) in [5, 5.41) is 0.342. The Morgan fingerprint density at radius 3 is 2.96 bits per heavy atom. The molecule has 2 aliphatic rings. The van der Waals surface area contributed by atoms with Crippen LogP contribution in [0.25, 0.3) is 0 Å². The van der Waals surface area contributed by atoms with Gasteiger partial charge in [0.1, 0.15) is 16.9 Å². The third kappa shape index (κ3) is 3.87. The van der Waals surface area contributed by atoms with Gasteiger partial charge in [0.15, 0.2) is 0 Å². The predicted molar refractivity (Wildman–Crippen MR) is 101 cm³/mol. The van der Waals surface area contributed by atoms with E-state index in [4.69, 9.17) is 25.8 Å². The van der Waals surface area contributed by atoms with Gasteiger partial charge in [0.05, 0.1) is 25.9 Å². The van der Waals surface area contributed by atoms with E-state index in [9.17, 15) is 4.79 Å². The smallest absolute Gasteiger partial charge is 0.255 e. The lowest BCUT2D eigenvalue weighted by atomic mass is 9.99. The van der Waals surface area contributed by atoms with E-state index < -0.39 is 0 Å². The summed E-state index contributed by atoms with van der Waals surface area (Å²) >= 11 is 6.29. The topological polar surface area (TPSA) is 60.9 Å². The van der Waals surface area contributed by atoms with Gasteiger partial charge in [-0.3, -0.25) is 4.79 Å². The minimum atomic E-state index is -0.0818. The number of hydrogen-bond donors (Lipinski definition) is 0. The minimum absolute atomic E-state index is 0.0351. The molecule has 1 fully saturated rings. The third-order valence-electron chi connectivity index (χ3n) is 4.93. The number of pyridine rings is 1. The van der Waals surface area contributed by atoms with Crippen molar-refractivity contribution >= 4 is 17.5 Å². The zero-order chi connectivity index (χ0) is 18.8. The second-order valence-electron chi connectivity index (χ2n) is 6.73. The predicted octanol–water partition coefficient (Wildman–Crippen LogP) is 3.11. The largest absolute Gasteiger partial charge is 0.497 e. The van der Waals surface area contributed by atoms with Gasteiger partial charge in [-0.2, -0.15) is 0 Å². The Labute approximate surface area is 163 Å². The molecule has 27 heavy (non-hydrogen) atoms. The standard InChI is InChI=1S/C20H21ClN2O4/c1-25-16-3-2-14-11-23(6-4-13(14)8-16)20(24)15-9-18(21)19(22-10-15)27-17-5-7-26-12-17/h2-3,8-10,17H,4-7,11-12H2,1H3/t17-/m1/s1. The summed E-state index contributed by atoms with van der Waals surface area (Å²) in [5.41, 5.74) is 2.82. The van der Waals surface area contributed by atoms with E-state index in [1.807, 2.05) is 23.1 Å². The van der Waals surface area contributed by atoms with E-state index in [2.05, 4.69) is 4.98 Å². The Balaban J connectivity index is 1.46. The van der Waals surface area contributed by atoms with Crippen LogP contribution in [0.5, 0.6) is 11.6 Å². The zero-order valence-corrected chi connectivity index (χ0v) is 15.9. The molecule has 7 heteroatoms. The van der Waals surface area contributed by atoms with E-state index in [1.165, 1.54) is 11.8 Å². The molecule has 1 aromatic carbocycles. The fraction of sp³-hybridized carbons (Fsp3) is 0.400. The fourth-order valence-corrected chi connectivity index (χ4v) is 3.62. The Bertz CT molecular complexity index is 852. The van der Waals surface area contributed by atoms with Crippen LogP contribution in [0, 0.1) is 0 Å². The molecule has 0 spiro atoms. The number of carbonyl (C=O) groups is 1. The van der Waals surface area contributed by atoms with Gasteiger partial charge in [0.25, 0.3) is 5.91 Å². The number of carbonyl (C=O) groups excluding carboxylic acids is 1. The van der Waals surface area contributed by atoms with Crippen molar-refractivity contribution in [3.8, 4) is 11.6 Å². The number of hydrogen-bond acceptors (Lipinski definition) is 5. The number of nitrogens with zero attached hydrogens (tertiary/aromatic N) is 2. The normalized spacial score (nSPS) is 18.9. The first-order valence-electron chi connectivity index (χ1n) is 8.99. The van der Waals surface area contributed by atoms with E-state index in [-0.39, 0.29) is 12.0 Å². The van der Waals surface area contributed by atoms with Crippen molar-refractivity contribution in [2.75, 3.05) is 26.9 Å². The summed E-state index contributed by atoms with van der Waals surface area (Å²) in [6, 6.07) is 7.60. The van der Waals surface area contributed by atoms with Gasteiger partial charge >= 0.3 is 0 Å². The molecule has 1 saturated heterocycles. The second kappa shape index (κ2) is 7.74. The Kier molecular flexibility index (Phi) is 5.18. The zero-order valence-electron chi connectivity index (χ0n) is 15.1. The molecule has 4 rings (SSSR count). The molecule has 2 aliphatic heterocycles. The highest BCUT2D eigenvalue weighted by atomic mass is 35.5. The first kappa shape index (κ1) is 18.1. The van der Waals surface area contributed by atoms with E-state index in [0.29, 0.717) is 42.8 Å². The Hall–Kier alpha value is -2.31. The van der Waals surface area contributed by atoms with Crippen molar-refractivity contribution in [3.05, 3.63) is 52.2 Å². The van der Waals surface area contributed by atoms with Crippen molar-refractivity contribution in [3.63, 3.8) is 0 Å². The van der Waals surface area contributed by atoms with E-state index in [0.717, 1.165) is 24.2 Å². The number of aromatic nitrogens is 1. The monoisotopic (exact) mass is 388 g/mol. The average molecular weight is 389 g/mol. The molecule has 1 atom stereocenters. The molecule has 0 N–H and O–H groups in total. The van der Waals surface area contributed by atoms with Crippen LogP contribution in [0.2, 0.25) is 5.02 Å². The first-order chi connectivity index (χ1) is 13.1. The highest BCUT2D eigenvalue weighted by molar-refractivity contribution is 6.32. The van der Waals surface area contributed by atoms with Crippen LogP contribution in [0.3, 0.4) is 0 Å². The van der Waals surface area contributed by atoms with Gasteiger partial charge in [-0.25, -0.2) is 4.98 Å². The van der Waals surface area contributed by atoms with Crippen LogP contribution in [0.4, 0.5) is 0 Å². The number of rotatable bonds is 4. The fourth-order valence-electron chi connectivity index (χ4n) is 3.41. The van der Waals surface area contributed by atoms with Gasteiger partial charge in [-0.1, -0.05) is 17.7 Å². The number of halogens is 1. The molecule has 0 saturated carbocycles. The molecule has 1 aromatic heterocycles. The summed E-state index contributed by atoms with van der Waals surface area (Å²) in [4.78, 5) is 18.9. The molecule has 2 aromatic rings. The number of methoxy groups -OCH3 is 1. The second-order valence-corrected chi connectivity index (χ2v) is 7.13. The molecule has 6 nitrogen and oxygen atoms in total. The third-order valence-corrected chi connectivity index (χ3v) is 5.20. The highest BCUT2D eigenvalue weighted by Crippen LogP contribution is 2.28. The van der Waals surface area contributed by atoms with Crippen LogP contribution >= 0.6 is 11.6 Å². The van der Waals surface area contributed by atoms with Crippen LogP contribution in [0.1, 0.15) is 27.9 Å². The van der Waals surface area contributed by atoms with Crippen molar-refractivity contribution in [1.82, 2.24) is 9.88 Å². The molecule has 3 heterocycles. The molecular weight excluding hydrogens is 368 g/mol. The van der Waals surface area contributed by atoms with Gasteiger partial charge in [-0.15, -0.1) is 0 Å². The molecule has 0 aliphatic carbocycles. The summed E-state index contributed by atoms with van der Waals surface area (Å²) in [6.45, 7) is 2.43. The highest BCUT2D eigenvalue weighted by Gasteiger charge is 2.24. The lowest BCUT2D eigenvalue weighted by molar-refractivity contribution is 0.0734. The van der Waals surface area contributed by atoms with Crippen molar-refractivity contribution in [2.24, 2.45) is 0 Å². The van der Waals surface area contributed by atoms with Crippen molar-refractivity contribution < 1.29 is 19.0 Å².